The molecule has 0 bridgehead atoms. The van der Waals surface area contributed by atoms with Crippen molar-refractivity contribution in [3.63, 3.8) is 0 Å². The molecule has 5 aromatic carbocycles. The number of rotatable bonds is 8. The van der Waals surface area contributed by atoms with Crippen LogP contribution in [0, 0.1) is 0 Å². The van der Waals surface area contributed by atoms with Crippen LogP contribution in [0.2, 0.25) is 0 Å². The third-order valence-electron chi connectivity index (χ3n) is 9.44. The first-order chi connectivity index (χ1) is 24.2. The Balaban J connectivity index is 1.14. The zero-order valence-electron chi connectivity index (χ0n) is 27.6. The Kier molecular flexibility index (Phi) is 9.24. The Morgan fingerprint density at radius 2 is 1.00 bits per heavy atom. The number of carbonyl (C=O) groups is 4. The van der Waals surface area contributed by atoms with E-state index in [2.05, 4.69) is 0 Å². The average Bonchev–Trinajstić information content (AvgIpc) is 3.67. The zero-order chi connectivity index (χ0) is 35.1. The number of nitrogens with zero attached hydrogens (tertiary/aromatic N) is 2. The third kappa shape index (κ3) is 6.18. The predicted molar refractivity (Wildman–Crippen MR) is 196 cm³/mol. The number of hydrogen-bond donors (Lipinski definition) is 0. The lowest BCUT2D eigenvalue weighted by Crippen LogP contribution is -2.32. The number of alkyl halides is 2. The molecule has 0 aromatic heterocycles. The van der Waals surface area contributed by atoms with Gasteiger partial charge in [0.05, 0.1) is 24.2 Å². The lowest BCUT2D eigenvalue weighted by atomic mass is 9.95. The normalized spacial score (nSPS) is 16.4. The van der Waals surface area contributed by atoms with Gasteiger partial charge in [-0.05, 0) is 33.0 Å². The van der Waals surface area contributed by atoms with E-state index in [4.69, 9.17) is 32.7 Å². The maximum atomic E-state index is 13.9. The van der Waals surface area contributed by atoms with Gasteiger partial charge >= 0.3 is 11.9 Å². The van der Waals surface area contributed by atoms with Crippen molar-refractivity contribution in [2.24, 2.45) is 0 Å². The SMILES string of the molecule is CC(=O)Oc1cc2c(c3ccccc13)[C@H](CCl)CN2C(=O)Cc1cccc(CC(=O)N2C[C@@H](CCl)c3c2cc(OC(C)=O)c2ccccc32)c1. The molecule has 2 aliphatic rings. The molecule has 0 saturated carbocycles. The fraction of sp³-hybridized carbons (Fsp3) is 0.250. The van der Waals surface area contributed by atoms with E-state index in [1.54, 1.807) is 21.9 Å². The van der Waals surface area contributed by atoms with Gasteiger partial charge in [0.25, 0.3) is 0 Å². The second-order valence-electron chi connectivity index (χ2n) is 12.8. The van der Waals surface area contributed by atoms with E-state index >= 15 is 0 Å². The standard InChI is InChI=1S/C40H34Cl2N2O6/c1-23(45)49-35-17-33-39(31-12-5-3-10-29(31)35)27(19-41)21-43(33)37(47)15-25-8-7-9-26(14-25)16-38(48)44-22-28(20-42)40-32-13-6-4-11-30(32)36(18-34(40)44)50-24(2)46/h3-14,17-18,27-28H,15-16,19-22H2,1-2H3/t27-,28-/m1/s1. The first-order valence-electron chi connectivity index (χ1n) is 16.4. The zero-order valence-corrected chi connectivity index (χ0v) is 29.1. The summed E-state index contributed by atoms with van der Waals surface area (Å²) < 4.78 is 11.1. The molecule has 7 rings (SSSR count). The van der Waals surface area contributed by atoms with Crippen molar-refractivity contribution >= 4 is 79.9 Å². The highest BCUT2D eigenvalue weighted by Gasteiger charge is 2.36. The first-order valence-corrected chi connectivity index (χ1v) is 17.5. The molecular formula is C40H34Cl2N2O6. The quantitative estimate of drug-likeness (QED) is 0.0934. The molecule has 10 heteroatoms. The summed E-state index contributed by atoms with van der Waals surface area (Å²) in [5, 5.41) is 3.38. The maximum Gasteiger partial charge on any atom is 0.308 e. The van der Waals surface area contributed by atoms with Crippen LogP contribution in [-0.4, -0.2) is 48.6 Å². The summed E-state index contributed by atoms with van der Waals surface area (Å²) in [5.74, 6) is 0.122. The minimum Gasteiger partial charge on any atom is -0.426 e. The summed E-state index contributed by atoms with van der Waals surface area (Å²) in [6.07, 6.45) is 0.204. The minimum absolute atomic E-state index is 0.0884. The lowest BCUT2D eigenvalue weighted by Gasteiger charge is -2.20. The van der Waals surface area contributed by atoms with E-state index in [9.17, 15) is 19.2 Å². The Hall–Kier alpha value is -4.92. The number of amides is 2. The Bertz CT molecular complexity index is 2050. The van der Waals surface area contributed by atoms with Crippen LogP contribution in [0.15, 0.2) is 84.9 Å². The molecule has 254 valence electrons. The van der Waals surface area contributed by atoms with Crippen molar-refractivity contribution in [1.82, 2.24) is 0 Å². The second kappa shape index (κ2) is 13.8. The lowest BCUT2D eigenvalue weighted by molar-refractivity contribution is -0.132. The summed E-state index contributed by atoms with van der Waals surface area (Å²) >= 11 is 12.9. The summed E-state index contributed by atoms with van der Waals surface area (Å²) in [4.78, 5) is 55.2. The summed E-state index contributed by atoms with van der Waals surface area (Å²) in [7, 11) is 0. The van der Waals surface area contributed by atoms with Crippen LogP contribution in [0.1, 0.15) is 47.9 Å². The van der Waals surface area contributed by atoms with E-state index in [0.29, 0.717) is 47.7 Å². The molecule has 2 amide bonds. The van der Waals surface area contributed by atoms with Gasteiger partial charge in [0.15, 0.2) is 0 Å². The van der Waals surface area contributed by atoms with E-state index in [1.165, 1.54) is 13.8 Å². The monoisotopic (exact) mass is 708 g/mol. The number of carbonyl (C=O) groups excluding carboxylic acids is 4. The van der Waals surface area contributed by atoms with Crippen molar-refractivity contribution < 1.29 is 28.7 Å². The molecule has 0 saturated heterocycles. The van der Waals surface area contributed by atoms with Gasteiger partial charge in [0.2, 0.25) is 11.8 Å². The van der Waals surface area contributed by atoms with Crippen molar-refractivity contribution in [3.05, 3.63) is 107 Å². The Labute approximate surface area is 299 Å². The fourth-order valence-electron chi connectivity index (χ4n) is 7.42. The molecular weight excluding hydrogens is 675 g/mol. The largest absolute Gasteiger partial charge is 0.426 e. The summed E-state index contributed by atoms with van der Waals surface area (Å²) in [6, 6.07) is 26.3. The molecule has 0 aliphatic carbocycles. The van der Waals surface area contributed by atoms with Crippen molar-refractivity contribution in [1.29, 1.82) is 0 Å². The van der Waals surface area contributed by atoms with E-state index in [0.717, 1.165) is 43.8 Å². The predicted octanol–water partition coefficient (Wildman–Crippen LogP) is 7.67. The molecule has 0 unspecified atom stereocenters. The second-order valence-corrected chi connectivity index (χ2v) is 13.4. The van der Waals surface area contributed by atoms with Crippen LogP contribution >= 0.6 is 23.2 Å². The smallest absolute Gasteiger partial charge is 0.308 e. The topological polar surface area (TPSA) is 93.2 Å². The van der Waals surface area contributed by atoms with Crippen LogP contribution < -0.4 is 19.3 Å². The molecule has 8 nitrogen and oxygen atoms in total. The van der Waals surface area contributed by atoms with Gasteiger partial charge in [-0.3, -0.25) is 19.2 Å². The average molecular weight is 710 g/mol. The Morgan fingerprint density at radius 1 is 0.600 bits per heavy atom. The molecule has 5 aromatic rings. The molecule has 0 spiro atoms. The van der Waals surface area contributed by atoms with Gasteiger partial charge in [-0.2, -0.15) is 0 Å². The van der Waals surface area contributed by atoms with Crippen LogP contribution in [0.3, 0.4) is 0 Å². The highest BCUT2D eigenvalue weighted by molar-refractivity contribution is 6.19. The minimum atomic E-state index is -0.444. The van der Waals surface area contributed by atoms with Gasteiger partial charge in [0.1, 0.15) is 11.5 Å². The number of halogens is 2. The van der Waals surface area contributed by atoms with Gasteiger partial charge in [-0.15, -0.1) is 23.2 Å². The Morgan fingerprint density at radius 3 is 1.38 bits per heavy atom. The van der Waals surface area contributed by atoms with E-state index in [-0.39, 0.29) is 36.5 Å². The van der Waals surface area contributed by atoms with Crippen LogP contribution in [0.25, 0.3) is 21.5 Å². The fourth-order valence-corrected chi connectivity index (χ4v) is 7.92. The van der Waals surface area contributed by atoms with Crippen LogP contribution in [0.4, 0.5) is 11.4 Å². The number of benzene rings is 5. The van der Waals surface area contributed by atoms with Crippen molar-refractivity contribution in [2.45, 2.75) is 38.5 Å². The maximum absolute atomic E-state index is 13.9. The molecule has 2 aliphatic heterocycles. The number of hydrogen-bond acceptors (Lipinski definition) is 6. The van der Waals surface area contributed by atoms with Gasteiger partial charge in [0, 0.05) is 73.4 Å². The molecule has 0 N–H and O–H groups in total. The van der Waals surface area contributed by atoms with Crippen molar-refractivity contribution in [3.8, 4) is 11.5 Å². The van der Waals surface area contributed by atoms with Crippen LogP contribution in [-0.2, 0) is 32.0 Å². The highest BCUT2D eigenvalue weighted by Crippen LogP contribution is 2.47. The van der Waals surface area contributed by atoms with Gasteiger partial charge in [-0.1, -0.05) is 72.8 Å². The molecule has 0 radical (unpaired) electrons. The van der Waals surface area contributed by atoms with Crippen molar-refractivity contribution in [2.75, 3.05) is 34.6 Å². The van der Waals surface area contributed by atoms with Gasteiger partial charge < -0.3 is 19.3 Å². The van der Waals surface area contributed by atoms with Crippen LogP contribution in [0.5, 0.6) is 11.5 Å². The molecule has 0 fully saturated rings. The summed E-state index contributed by atoms with van der Waals surface area (Å²) in [6.45, 7) is 3.52. The third-order valence-corrected chi connectivity index (χ3v) is 10.2. The highest BCUT2D eigenvalue weighted by atomic mass is 35.5. The van der Waals surface area contributed by atoms with Gasteiger partial charge in [-0.25, -0.2) is 0 Å². The molecule has 2 atom stereocenters. The number of fused-ring (bicyclic) bond motifs is 6. The van der Waals surface area contributed by atoms with E-state index in [1.807, 2.05) is 72.8 Å². The van der Waals surface area contributed by atoms with E-state index < -0.39 is 11.9 Å². The summed E-state index contributed by atoms with van der Waals surface area (Å²) in [5.41, 5.74) is 4.82. The molecule has 2 heterocycles. The number of esters is 2. The molecule has 50 heavy (non-hydrogen) atoms. The first kappa shape index (κ1) is 33.6. The number of anilines is 2. The number of ether oxygens (including phenoxy) is 2.